The van der Waals surface area contributed by atoms with Crippen LogP contribution in [0.5, 0.6) is 0 Å². The molecule has 2 heterocycles. The molecule has 0 bridgehead atoms. The third-order valence-electron chi connectivity index (χ3n) is 7.67. The van der Waals surface area contributed by atoms with E-state index in [1.807, 2.05) is 18.2 Å². The second kappa shape index (κ2) is 10.1. The van der Waals surface area contributed by atoms with Crippen molar-refractivity contribution in [1.82, 2.24) is 9.55 Å². The van der Waals surface area contributed by atoms with Crippen LogP contribution in [0.15, 0.2) is 154 Å². The molecule has 42 heavy (non-hydrogen) atoms. The number of rotatable bonds is 5. The molecule has 0 amide bonds. The predicted molar refractivity (Wildman–Crippen MR) is 176 cm³/mol. The minimum atomic E-state index is 0.612. The van der Waals surface area contributed by atoms with E-state index in [1.165, 1.54) is 10.8 Å². The first-order valence-corrected chi connectivity index (χ1v) is 14.6. The van der Waals surface area contributed by atoms with Crippen molar-refractivity contribution in [1.29, 1.82) is 0 Å². The number of halogens is 1. The summed E-state index contributed by atoms with van der Waals surface area (Å²) in [5, 5.41) is 2.43. The molecule has 2 aromatic heterocycles. The molecular formula is C37H24BrN3O. The Morgan fingerprint density at radius 2 is 1.24 bits per heavy atom. The van der Waals surface area contributed by atoms with E-state index in [0.29, 0.717) is 5.89 Å². The van der Waals surface area contributed by atoms with Gasteiger partial charge in [0.2, 0.25) is 5.89 Å². The van der Waals surface area contributed by atoms with E-state index in [2.05, 4.69) is 153 Å². The topological polar surface area (TPSA) is 34.2 Å². The normalized spacial score (nSPS) is 11.5. The van der Waals surface area contributed by atoms with Crippen molar-refractivity contribution < 1.29 is 4.42 Å². The molecule has 0 saturated carbocycles. The predicted octanol–water partition coefficient (Wildman–Crippen LogP) is 10.8. The van der Waals surface area contributed by atoms with Crippen molar-refractivity contribution in [2.24, 2.45) is 0 Å². The Labute approximate surface area is 251 Å². The third-order valence-corrected chi connectivity index (χ3v) is 8.16. The first-order chi connectivity index (χ1) is 20.7. The van der Waals surface area contributed by atoms with Crippen LogP contribution in [0.2, 0.25) is 0 Å². The van der Waals surface area contributed by atoms with Crippen molar-refractivity contribution in [2.75, 3.05) is 4.90 Å². The molecule has 5 heteroatoms. The average molecular weight is 607 g/mol. The van der Waals surface area contributed by atoms with E-state index < -0.39 is 0 Å². The molecule has 6 aromatic carbocycles. The van der Waals surface area contributed by atoms with Crippen LogP contribution in [0.4, 0.5) is 17.1 Å². The van der Waals surface area contributed by atoms with Crippen molar-refractivity contribution in [2.45, 2.75) is 0 Å². The number of benzene rings is 6. The van der Waals surface area contributed by atoms with Gasteiger partial charge in [0.05, 0.1) is 11.0 Å². The highest BCUT2D eigenvalue weighted by atomic mass is 79.9. The van der Waals surface area contributed by atoms with E-state index in [0.717, 1.165) is 54.9 Å². The van der Waals surface area contributed by atoms with Gasteiger partial charge >= 0.3 is 0 Å². The lowest BCUT2D eigenvalue weighted by Crippen LogP contribution is -2.09. The molecule has 0 aliphatic rings. The van der Waals surface area contributed by atoms with Crippen LogP contribution in [0.3, 0.4) is 0 Å². The number of oxazole rings is 1. The van der Waals surface area contributed by atoms with Crippen LogP contribution >= 0.6 is 15.9 Å². The van der Waals surface area contributed by atoms with Gasteiger partial charge in [0.25, 0.3) is 0 Å². The largest absolute Gasteiger partial charge is 0.436 e. The molecule has 0 radical (unpaired) electrons. The number of para-hydroxylation sites is 3. The Bertz CT molecular complexity index is 2160. The minimum absolute atomic E-state index is 0.612. The Kier molecular flexibility index (Phi) is 5.90. The summed E-state index contributed by atoms with van der Waals surface area (Å²) in [6.07, 6.45) is 0. The lowest BCUT2D eigenvalue weighted by molar-refractivity contribution is 0.619. The second-order valence-corrected chi connectivity index (χ2v) is 11.2. The first-order valence-electron chi connectivity index (χ1n) is 13.8. The minimum Gasteiger partial charge on any atom is -0.436 e. The Balaban J connectivity index is 1.29. The smallest absolute Gasteiger partial charge is 0.227 e. The van der Waals surface area contributed by atoms with Crippen LogP contribution in [0, 0.1) is 0 Å². The summed E-state index contributed by atoms with van der Waals surface area (Å²) in [6, 6.07) is 50.7. The lowest BCUT2D eigenvalue weighted by Gasteiger charge is -2.25. The fraction of sp³-hybridized carbons (Fsp3) is 0. The average Bonchev–Trinajstić information content (AvgIpc) is 3.61. The molecule has 4 nitrogen and oxygen atoms in total. The standard InChI is InChI=1S/C37H24BrN3O/c38-26-17-22-33-36(23-26)42-37(39-33)25-15-18-29(19-16-25)41-34-14-8-7-13-31(34)32-21-20-30(24-35(32)41)40(27-9-3-1-4-10-27)28-11-5-2-6-12-28/h1-24H. The maximum atomic E-state index is 6.08. The Morgan fingerprint density at radius 3 is 1.98 bits per heavy atom. The molecule has 0 saturated heterocycles. The van der Waals surface area contributed by atoms with Gasteiger partial charge in [-0.2, -0.15) is 0 Å². The van der Waals surface area contributed by atoms with Gasteiger partial charge in [0.15, 0.2) is 5.58 Å². The summed E-state index contributed by atoms with van der Waals surface area (Å²) >= 11 is 3.52. The molecule has 8 rings (SSSR count). The van der Waals surface area contributed by atoms with E-state index >= 15 is 0 Å². The molecule has 0 aliphatic heterocycles. The Hall–Kier alpha value is -5.13. The van der Waals surface area contributed by atoms with Crippen LogP contribution < -0.4 is 4.90 Å². The highest BCUT2D eigenvalue weighted by molar-refractivity contribution is 9.10. The fourth-order valence-electron chi connectivity index (χ4n) is 5.75. The van der Waals surface area contributed by atoms with Gasteiger partial charge in [-0.15, -0.1) is 0 Å². The highest BCUT2D eigenvalue weighted by Gasteiger charge is 2.17. The Morgan fingerprint density at radius 1 is 0.571 bits per heavy atom. The zero-order valence-electron chi connectivity index (χ0n) is 22.5. The van der Waals surface area contributed by atoms with Crippen molar-refractivity contribution in [3.8, 4) is 17.1 Å². The summed E-state index contributed by atoms with van der Waals surface area (Å²) in [5.74, 6) is 0.612. The molecule has 200 valence electrons. The van der Waals surface area contributed by atoms with E-state index in [9.17, 15) is 0 Å². The maximum Gasteiger partial charge on any atom is 0.227 e. The molecule has 0 aliphatic carbocycles. The summed E-state index contributed by atoms with van der Waals surface area (Å²) in [7, 11) is 0. The van der Waals surface area contributed by atoms with Crippen LogP contribution in [-0.4, -0.2) is 9.55 Å². The van der Waals surface area contributed by atoms with Crippen LogP contribution in [-0.2, 0) is 0 Å². The number of anilines is 3. The molecule has 8 aromatic rings. The number of hydrogen-bond acceptors (Lipinski definition) is 3. The van der Waals surface area contributed by atoms with Crippen molar-refractivity contribution >= 4 is 65.9 Å². The fourth-order valence-corrected chi connectivity index (χ4v) is 6.09. The van der Waals surface area contributed by atoms with E-state index in [1.54, 1.807) is 0 Å². The van der Waals surface area contributed by atoms with Gasteiger partial charge in [0.1, 0.15) is 5.52 Å². The van der Waals surface area contributed by atoms with Gasteiger partial charge in [-0.3, -0.25) is 0 Å². The maximum absolute atomic E-state index is 6.08. The molecule has 0 atom stereocenters. The molecule has 0 spiro atoms. The summed E-state index contributed by atoms with van der Waals surface area (Å²) in [4.78, 5) is 7.01. The zero-order chi connectivity index (χ0) is 28.0. The first kappa shape index (κ1) is 24.6. The molecular weight excluding hydrogens is 582 g/mol. The lowest BCUT2D eigenvalue weighted by atomic mass is 10.1. The van der Waals surface area contributed by atoms with E-state index in [4.69, 9.17) is 9.40 Å². The molecule has 0 unspecified atom stereocenters. The number of fused-ring (bicyclic) bond motifs is 4. The van der Waals surface area contributed by atoms with Crippen LogP contribution in [0.1, 0.15) is 0 Å². The SMILES string of the molecule is Brc1ccc2nc(-c3ccc(-n4c5ccccc5c5ccc(N(c6ccccc6)c6ccccc6)cc54)cc3)oc2c1. The van der Waals surface area contributed by atoms with Crippen molar-refractivity contribution in [3.63, 3.8) is 0 Å². The number of nitrogens with zero attached hydrogens (tertiary/aromatic N) is 3. The van der Waals surface area contributed by atoms with Gasteiger partial charge in [-0.25, -0.2) is 4.98 Å². The summed E-state index contributed by atoms with van der Waals surface area (Å²) in [6.45, 7) is 0. The van der Waals surface area contributed by atoms with Gasteiger partial charge in [0, 0.05) is 43.6 Å². The quantitative estimate of drug-likeness (QED) is 0.196. The number of hydrogen-bond donors (Lipinski definition) is 0. The zero-order valence-corrected chi connectivity index (χ0v) is 24.1. The monoisotopic (exact) mass is 605 g/mol. The van der Waals surface area contributed by atoms with Crippen LogP contribution in [0.25, 0.3) is 50.0 Å². The van der Waals surface area contributed by atoms with Gasteiger partial charge in [-0.1, -0.05) is 76.6 Å². The summed E-state index contributed by atoms with van der Waals surface area (Å²) in [5.41, 5.74) is 9.24. The van der Waals surface area contributed by atoms with Crippen molar-refractivity contribution in [3.05, 3.63) is 150 Å². The second-order valence-electron chi connectivity index (χ2n) is 10.2. The highest BCUT2D eigenvalue weighted by Crippen LogP contribution is 2.39. The molecule has 0 fully saturated rings. The van der Waals surface area contributed by atoms with Gasteiger partial charge < -0.3 is 13.9 Å². The summed E-state index contributed by atoms with van der Waals surface area (Å²) < 4.78 is 9.39. The number of aromatic nitrogens is 2. The molecule has 0 N–H and O–H groups in total. The third kappa shape index (κ3) is 4.18. The van der Waals surface area contributed by atoms with E-state index in [-0.39, 0.29) is 0 Å². The van der Waals surface area contributed by atoms with Gasteiger partial charge in [-0.05, 0) is 84.9 Å².